The van der Waals surface area contributed by atoms with Crippen LogP contribution in [0.25, 0.3) is 11.1 Å². The Bertz CT molecular complexity index is 769. The fraction of sp³-hybridized carbons (Fsp3) is 0.333. The van der Waals surface area contributed by atoms with Crippen LogP contribution in [0.2, 0.25) is 5.02 Å². The Hall–Kier alpha value is -0.640. The van der Waals surface area contributed by atoms with Crippen molar-refractivity contribution in [2.45, 2.75) is 38.2 Å². The second-order valence-electron chi connectivity index (χ2n) is 5.69. The van der Waals surface area contributed by atoms with E-state index < -0.39 is 7.60 Å². The SMILES string of the molecule is CCc1c(CP(=O)(O)O)cc(-c2ccc(Cl)cc2)c(CC)c1CBr. The van der Waals surface area contributed by atoms with E-state index in [1.807, 2.05) is 37.3 Å². The molecule has 2 rings (SSSR count). The van der Waals surface area contributed by atoms with Crippen molar-refractivity contribution in [2.75, 3.05) is 0 Å². The lowest BCUT2D eigenvalue weighted by Gasteiger charge is -2.21. The summed E-state index contributed by atoms with van der Waals surface area (Å²) in [7, 11) is -4.14. The van der Waals surface area contributed by atoms with Gasteiger partial charge in [0.05, 0.1) is 6.16 Å². The largest absolute Gasteiger partial charge is 0.329 e. The van der Waals surface area contributed by atoms with Gasteiger partial charge in [0.25, 0.3) is 0 Å². The molecule has 24 heavy (non-hydrogen) atoms. The van der Waals surface area contributed by atoms with E-state index in [9.17, 15) is 14.4 Å². The van der Waals surface area contributed by atoms with E-state index in [0.717, 1.165) is 40.7 Å². The zero-order chi connectivity index (χ0) is 17.9. The van der Waals surface area contributed by atoms with E-state index in [4.69, 9.17) is 11.6 Å². The topological polar surface area (TPSA) is 57.5 Å². The third-order valence-electron chi connectivity index (χ3n) is 4.13. The number of benzene rings is 2. The summed E-state index contributed by atoms with van der Waals surface area (Å²) in [5.41, 5.74) is 6.13. The maximum Gasteiger partial charge on any atom is 0.329 e. The van der Waals surface area contributed by atoms with Gasteiger partial charge in [0.1, 0.15) is 0 Å². The molecular weight excluding hydrogens is 411 g/mol. The van der Waals surface area contributed by atoms with Gasteiger partial charge < -0.3 is 9.79 Å². The molecule has 2 N–H and O–H groups in total. The standard InChI is InChI=1S/C18H21BrClO3P/c1-3-15-13(11-24(21,22)23)9-17(16(4-2)18(15)10-19)12-5-7-14(20)8-6-12/h5-9H,3-4,10-11H2,1-2H3,(H2,21,22,23). The summed E-state index contributed by atoms with van der Waals surface area (Å²) < 4.78 is 11.6. The highest BCUT2D eigenvalue weighted by atomic mass is 79.9. The van der Waals surface area contributed by atoms with Gasteiger partial charge in [-0.2, -0.15) is 0 Å². The first-order chi connectivity index (χ1) is 11.3. The van der Waals surface area contributed by atoms with Crippen LogP contribution >= 0.6 is 35.1 Å². The first-order valence-electron chi connectivity index (χ1n) is 7.83. The van der Waals surface area contributed by atoms with Crippen LogP contribution in [-0.4, -0.2) is 9.79 Å². The van der Waals surface area contributed by atoms with Crippen LogP contribution in [0, 0.1) is 0 Å². The zero-order valence-corrected chi connectivity index (χ0v) is 17.0. The van der Waals surface area contributed by atoms with Gasteiger partial charge in [-0.05, 0) is 64.4 Å². The monoisotopic (exact) mass is 430 g/mol. The van der Waals surface area contributed by atoms with Crippen molar-refractivity contribution in [3.63, 3.8) is 0 Å². The van der Waals surface area contributed by atoms with Gasteiger partial charge in [0, 0.05) is 10.4 Å². The number of rotatable bonds is 6. The first-order valence-corrected chi connectivity index (χ1v) is 11.1. The zero-order valence-electron chi connectivity index (χ0n) is 13.7. The molecule has 0 saturated heterocycles. The van der Waals surface area contributed by atoms with Crippen LogP contribution in [-0.2, 0) is 28.9 Å². The molecule has 0 saturated carbocycles. The molecule has 0 bridgehead atoms. The maximum absolute atomic E-state index is 11.6. The molecule has 0 spiro atoms. The average Bonchev–Trinajstić information content (AvgIpc) is 2.52. The first kappa shape index (κ1) is 19.7. The lowest BCUT2D eigenvalue weighted by molar-refractivity contribution is 0.371. The molecule has 0 aliphatic rings. The van der Waals surface area contributed by atoms with E-state index >= 15 is 0 Å². The molecule has 0 radical (unpaired) electrons. The van der Waals surface area contributed by atoms with E-state index in [-0.39, 0.29) is 6.16 Å². The molecule has 0 aromatic heterocycles. The Morgan fingerprint density at radius 3 is 2.08 bits per heavy atom. The molecule has 2 aromatic rings. The second-order valence-corrected chi connectivity index (χ2v) is 8.33. The number of halogens is 2. The average molecular weight is 432 g/mol. The highest BCUT2D eigenvalue weighted by Crippen LogP contribution is 2.43. The van der Waals surface area contributed by atoms with Gasteiger partial charge in [-0.25, -0.2) is 0 Å². The fourth-order valence-electron chi connectivity index (χ4n) is 3.14. The van der Waals surface area contributed by atoms with E-state index in [1.165, 1.54) is 5.56 Å². The van der Waals surface area contributed by atoms with Crippen molar-refractivity contribution >= 4 is 35.1 Å². The van der Waals surface area contributed by atoms with Crippen molar-refractivity contribution in [3.05, 3.63) is 57.6 Å². The smallest absolute Gasteiger partial charge is 0.324 e. The molecule has 130 valence electrons. The quantitative estimate of drug-likeness (QED) is 0.455. The molecule has 0 aliphatic carbocycles. The van der Waals surface area contributed by atoms with Crippen LogP contribution in [0.5, 0.6) is 0 Å². The molecule has 0 fully saturated rings. The predicted octanol–water partition coefficient (Wildman–Crippen LogP) is 5.70. The summed E-state index contributed by atoms with van der Waals surface area (Å²) in [6.45, 7) is 4.12. The van der Waals surface area contributed by atoms with Crippen LogP contribution in [0.1, 0.15) is 36.1 Å². The van der Waals surface area contributed by atoms with Crippen molar-refractivity contribution in [1.29, 1.82) is 0 Å². The molecule has 0 amide bonds. The van der Waals surface area contributed by atoms with Crippen molar-refractivity contribution in [2.24, 2.45) is 0 Å². The summed E-state index contributed by atoms with van der Waals surface area (Å²) in [5, 5.41) is 1.33. The molecule has 6 heteroatoms. The van der Waals surface area contributed by atoms with Gasteiger partial charge in [0.15, 0.2) is 0 Å². The second kappa shape index (κ2) is 8.16. The third kappa shape index (κ3) is 4.50. The van der Waals surface area contributed by atoms with Gasteiger partial charge in [-0.15, -0.1) is 0 Å². The number of alkyl halides is 1. The predicted molar refractivity (Wildman–Crippen MR) is 104 cm³/mol. The van der Waals surface area contributed by atoms with Crippen molar-refractivity contribution in [1.82, 2.24) is 0 Å². The lowest BCUT2D eigenvalue weighted by atomic mass is 9.87. The van der Waals surface area contributed by atoms with Crippen molar-refractivity contribution in [3.8, 4) is 11.1 Å². The van der Waals surface area contributed by atoms with E-state index in [2.05, 4.69) is 22.9 Å². The van der Waals surface area contributed by atoms with Gasteiger partial charge in [-0.3, -0.25) is 4.57 Å². The molecule has 0 unspecified atom stereocenters. The minimum atomic E-state index is -4.14. The summed E-state index contributed by atoms with van der Waals surface area (Å²) in [4.78, 5) is 18.9. The minimum Gasteiger partial charge on any atom is -0.324 e. The molecule has 0 atom stereocenters. The van der Waals surface area contributed by atoms with Gasteiger partial charge in [-0.1, -0.05) is 53.5 Å². The van der Waals surface area contributed by atoms with E-state index in [0.29, 0.717) is 10.4 Å². The summed E-state index contributed by atoms with van der Waals surface area (Å²) in [6, 6.07) is 9.50. The lowest BCUT2D eigenvalue weighted by Crippen LogP contribution is -2.05. The molecule has 3 nitrogen and oxygen atoms in total. The normalized spacial score (nSPS) is 11.8. The number of hydrogen-bond acceptors (Lipinski definition) is 1. The summed E-state index contributed by atoms with van der Waals surface area (Å²) in [6.07, 6.45) is 1.35. The minimum absolute atomic E-state index is 0.235. The Morgan fingerprint density at radius 2 is 1.62 bits per heavy atom. The molecule has 2 aromatic carbocycles. The summed E-state index contributed by atoms with van der Waals surface area (Å²) in [5.74, 6) is 0. The maximum atomic E-state index is 11.6. The van der Waals surface area contributed by atoms with E-state index in [1.54, 1.807) is 0 Å². The number of hydrogen-bond donors (Lipinski definition) is 2. The Kier molecular flexibility index (Phi) is 6.69. The Labute approximate surface area is 156 Å². The summed E-state index contributed by atoms with van der Waals surface area (Å²) >= 11 is 9.54. The van der Waals surface area contributed by atoms with Crippen molar-refractivity contribution < 1.29 is 14.4 Å². The van der Waals surface area contributed by atoms with Crippen LogP contribution in [0.15, 0.2) is 30.3 Å². The van der Waals surface area contributed by atoms with Crippen LogP contribution in [0.3, 0.4) is 0 Å². The Balaban J connectivity index is 2.75. The van der Waals surface area contributed by atoms with Crippen LogP contribution < -0.4 is 0 Å². The van der Waals surface area contributed by atoms with Gasteiger partial charge in [0.2, 0.25) is 0 Å². The van der Waals surface area contributed by atoms with Gasteiger partial charge >= 0.3 is 7.60 Å². The molecular formula is C18H21BrClO3P. The fourth-order valence-corrected chi connectivity index (χ4v) is 4.67. The molecule has 0 aliphatic heterocycles. The highest BCUT2D eigenvalue weighted by Gasteiger charge is 2.22. The third-order valence-corrected chi connectivity index (χ3v) is 5.70. The Morgan fingerprint density at radius 1 is 1.04 bits per heavy atom. The van der Waals surface area contributed by atoms with Crippen LogP contribution in [0.4, 0.5) is 0 Å². The molecule has 0 heterocycles. The highest BCUT2D eigenvalue weighted by molar-refractivity contribution is 9.08.